The highest BCUT2D eigenvalue weighted by Gasteiger charge is 2.70. The lowest BCUT2D eigenvalue weighted by Gasteiger charge is -2.61. The molecule has 2 aliphatic heterocycles. The zero-order valence-electron chi connectivity index (χ0n) is 22.4. The number of aliphatic hydroxyl groups is 2. The van der Waals surface area contributed by atoms with Gasteiger partial charge in [0.25, 0.3) is 0 Å². The first-order valence-electron chi connectivity index (χ1n) is 14.0. The van der Waals surface area contributed by atoms with E-state index in [4.69, 9.17) is 4.74 Å². The number of thioether (sulfide) groups is 1. The van der Waals surface area contributed by atoms with Crippen molar-refractivity contribution in [3.05, 3.63) is 12.7 Å². The van der Waals surface area contributed by atoms with Crippen molar-refractivity contribution in [1.82, 2.24) is 5.32 Å². The molecule has 5 rings (SSSR count). The zero-order chi connectivity index (χ0) is 26.0. The standard InChI is InChI=1S/C29H45NO5S/c1-6-27(4)14-22(35-23(32)15-36-20-11-18-7-8-19(12-20)30-18)28(5)16(2)9-10-29(17(3)26(27)34)13-21(31)24(33)25(28)29/h6,16-22,25-26,30-31,34H,1,7-15H2,2-5H3/t16-,17+,18-,19+,20?,21+,22-,25+,26+,27-,28+,29+/m1/s1. The summed E-state index contributed by atoms with van der Waals surface area (Å²) in [5.41, 5.74) is -1.78. The van der Waals surface area contributed by atoms with Crippen molar-refractivity contribution in [2.75, 3.05) is 5.75 Å². The Morgan fingerprint density at radius 1 is 1.17 bits per heavy atom. The second-order valence-corrected chi connectivity index (χ2v) is 14.6. The molecule has 0 radical (unpaired) electrons. The molecule has 3 N–H and O–H groups in total. The lowest BCUT2D eigenvalue weighted by molar-refractivity contribution is -0.205. The molecule has 0 aromatic rings. The number of hydrogen-bond acceptors (Lipinski definition) is 7. The van der Waals surface area contributed by atoms with Gasteiger partial charge in [0, 0.05) is 34.1 Å². The van der Waals surface area contributed by atoms with Crippen LogP contribution in [0.2, 0.25) is 0 Å². The van der Waals surface area contributed by atoms with E-state index in [1.165, 1.54) is 12.8 Å². The minimum absolute atomic E-state index is 0.133. The van der Waals surface area contributed by atoms with Gasteiger partial charge in [-0.25, -0.2) is 0 Å². The number of hydrogen-bond donors (Lipinski definition) is 3. The van der Waals surface area contributed by atoms with Crippen LogP contribution in [-0.2, 0) is 14.3 Å². The molecule has 1 unspecified atom stereocenters. The Labute approximate surface area is 220 Å². The lowest BCUT2D eigenvalue weighted by Crippen LogP contribution is -2.63. The Bertz CT molecular complexity index is 900. The molecule has 6 nitrogen and oxygen atoms in total. The molecule has 5 fully saturated rings. The number of nitrogens with one attached hydrogen (secondary N) is 1. The molecule has 3 aliphatic carbocycles. The van der Waals surface area contributed by atoms with Crippen LogP contribution in [0.5, 0.6) is 0 Å². The molecule has 2 saturated heterocycles. The van der Waals surface area contributed by atoms with Crippen LogP contribution >= 0.6 is 11.8 Å². The van der Waals surface area contributed by atoms with Crippen molar-refractivity contribution < 1.29 is 24.5 Å². The molecule has 0 aromatic heterocycles. The first-order chi connectivity index (χ1) is 16.9. The molecule has 12 atom stereocenters. The Hall–Kier alpha value is -0.890. The molecule has 36 heavy (non-hydrogen) atoms. The predicted octanol–water partition coefficient (Wildman–Crippen LogP) is 3.88. The third-order valence-corrected chi connectivity index (χ3v) is 12.7. The maximum absolute atomic E-state index is 13.6. The quantitative estimate of drug-likeness (QED) is 0.375. The van der Waals surface area contributed by atoms with Gasteiger partial charge in [0.2, 0.25) is 0 Å². The molecule has 5 aliphatic rings. The summed E-state index contributed by atoms with van der Waals surface area (Å²) >= 11 is 1.71. The van der Waals surface area contributed by atoms with Gasteiger partial charge in [-0.15, -0.1) is 18.3 Å². The van der Waals surface area contributed by atoms with Crippen LogP contribution in [0.25, 0.3) is 0 Å². The van der Waals surface area contributed by atoms with E-state index in [9.17, 15) is 19.8 Å². The SMILES string of the molecule is C=C[C@]1(C)C[C@@H](OC(=O)CSC2C[C@H]3CC[C@@H](C2)N3)[C@]2(C)[C@H](C)CC[C@]3(C[C@H](O)C(=O)[C@H]32)[C@@H](C)[C@@H]1O. The Morgan fingerprint density at radius 2 is 1.83 bits per heavy atom. The summed E-state index contributed by atoms with van der Waals surface area (Å²) < 4.78 is 6.35. The summed E-state index contributed by atoms with van der Waals surface area (Å²) in [6.45, 7) is 12.4. The van der Waals surface area contributed by atoms with Crippen LogP contribution in [-0.4, -0.2) is 63.4 Å². The van der Waals surface area contributed by atoms with Gasteiger partial charge in [0.1, 0.15) is 12.2 Å². The van der Waals surface area contributed by atoms with Crippen LogP contribution in [0.1, 0.15) is 79.1 Å². The van der Waals surface area contributed by atoms with E-state index in [2.05, 4.69) is 25.7 Å². The number of carbonyl (C=O) groups excluding carboxylic acids is 2. The minimum Gasteiger partial charge on any atom is -0.461 e. The Balaban J connectivity index is 1.43. The first kappa shape index (κ1) is 26.7. The van der Waals surface area contributed by atoms with Crippen LogP contribution < -0.4 is 5.32 Å². The highest BCUT2D eigenvalue weighted by Crippen LogP contribution is 2.68. The molecule has 0 amide bonds. The summed E-state index contributed by atoms with van der Waals surface area (Å²) in [6, 6.07) is 1.16. The molecule has 0 spiro atoms. The van der Waals surface area contributed by atoms with E-state index in [1.807, 2.05) is 19.9 Å². The second kappa shape index (κ2) is 9.39. The van der Waals surface area contributed by atoms with Gasteiger partial charge in [-0.05, 0) is 68.6 Å². The van der Waals surface area contributed by atoms with E-state index in [1.54, 1.807) is 11.8 Å². The predicted molar refractivity (Wildman–Crippen MR) is 141 cm³/mol. The van der Waals surface area contributed by atoms with Gasteiger partial charge in [0.05, 0.1) is 11.9 Å². The van der Waals surface area contributed by atoms with Crippen molar-refractivity contribution in [3.8, 4) is 0 Å². The number of esters is 1. The van der Waals surface area contributed by atoms with E-state index < -0.39 is 40.5 Å². The highest BCUT2D eigenvalue weighted by atomic mass is 32.2. The van der Waals surface area contributed by atoms with Crippen LogP contribution in [0, 0.1) is 34.0 Å². The summed E-state index contributed by atoms with van der Waals surface area (Å²) in [5.74, 6) is -0.533. The van der Waals surface area contributed by atoms with Crippen molar-refractivity contribution in [2.24, 2.45) is 34.0 Å². The fourth-order valence-electron chi connectivity index (χ4n) is 9.00. The van der Waals surface area contributed by atoms with Gasteiger partial charge in [-0.2, -0.15) is 0 Å². The maximum Gasteiger partial charge on any atom is 0.316 e. The lowest BCUT2D eigenvalue weighted by atomic mass is 9.44. The number of ether oxygens (including phenoxy) is 1. The number of aliphatic hydroxyl groups excluding tert-OH is 2. The van der Waals surface area contributed by atoms with Crippen molar-refractivity contribution in [2.45, 2.75) is 115 Å². The Kier molecular flexibility index (Phi) is 6.96. The van der Waals surface area contributed by atoms with E-state index >= 15 is 0 Å². The zero-order valence-corrected chi connectivity index (χ0v) is 23.2. The molecular formula is C29H45NO5S. The molecule has 3 saturated carbocycles. The van der Waals surface area contributed by atoms with Gasteiger partial charge >= 0.3 is 5.97 Å². The first-order valence-corrected chi connectivity index (χ1v) is 15.1. The number of fused-ring (bicyclic) bond motifs is 2. The molecule has 4 bridgehead atoms. The monoisotopic (exact) mass is 519 g/mol. The van der Waals surface area contributed by atoms with Gasteiger partial charge < -0.3 is 20.3 Å². The van der Waals surface area contributed by atoms with E-state index in [0.29, 0.717) is 35.9 Å². The smallest absolute Gasteiger partial charge is 0.316 e. The summed E-state index contributed by atoms with van der Waals surface area (Å²) in [4.78, 5) is 26.9. The van der Waals surface area contributed by atoms with Crippen molar-refractivity contribution in [3.63, 3.8) is 0 Å². The number of piperidine rings is 1. The van der Waals surface area contributed by atoms with Crippen LogP contribution in [0.15, 0.2) is 12.7 Å². The van der Waals surface area contributed by atoms with Gasteiger partial charge in [-0.3, -0.25) is 9.59 Å². The third-order valence-electron chi connectivity index (χ3n) is 11.5. The number of Topliss-reactive ketones (excluding diaryl/α,β-unsaturated/α-hetero) is 1. The fourth-order valence-corrected chi connectivity index (χ4v) is 10.2. The summed E-state index contributed by atoms with van der Waals surface area (Å²) in [7, 11) is 0. The topological polar surface area (TPSA) is 95.9 Å². The highest BCUT2D eigenvalue weighted by molar-refractivity contribution is 8.00. The van der Waals surface area contributed by atoms with Crippen molar-refractivity contribution in [1.29, 1.82) is 0 Å². The van der Waals surface area contributed by atoms with Crippen LogP contribution in [0.4, 0.5) is 0 Å². The largest absolute Gasteiger partial charge is 0.461 e. The average molecular weight is 520 g/mol. The number of carbonyl (C=O) groups is 2. The van der Waals surface area contributed by atoms with E-state index in [0.717, 1.165) is 25.7 Å². The van der Waals surface area contributed by atoms with Crippen molar-refractivity contribution >= 4 is 23.5 Å². The number of ketones is 1. The normalized spacial score (nSPS) is 52.3. The molecular weight excluding hydrogens is 474 g/mol. The summed E-state index contributed by atoms with van der Waals surface area (Å²) in [5, 5.41) is 26.6. The van der Waals surface area contributed by atoms with E-state index in [-0.39, 0.29) is 23.6 Å². The average Bonchev–Trinajstić information content (AvgIpc) is 3.33. The van der Waals surface area contributed by atoms with Crippen LogP contribution in [0.3, 0.4) is 0 Å². The maximum atomic E-state index is 13.6. The molecule has 7 heteroatoms. The third kappa shape index (κ3) is 4.02. The Morgan fingerprint density at radius 3 is 2.47 bits per heavy atom. The van der Waals surface area contributed by atoms with Gasteiger partial charge in [0.15, 0.2) is 5.78 Å². The van der Waals surface area contributed by atoms with Gasteiger partial charge in [-0.1, -0.05) is 33.8 Å². The molecule has 0 aromatic carbocycles. The second-order valence-electron chi connectivity index (χ2n) is 13.3. The number of rotatable bonds is 5. The molecule has 2 heterocycles. The molecule has 202 valence electrons. The minimum atomic E-state index is -1.02. The summed E-state index contributed by atoms with van der Waals surface area (Å²) in [6.07, 6.45) is 6.64. The fraction of sp³-hybridized carbons (Fsp3) is 0.862.